The minimum atomic E-state index is 1.50. The molecule has 0 saturated heterocycles. The van der Waals surface area contributed by atoms with Crippen LogP contribution in [0.2, 0.25) is 0 Å². The number of hydrogen-bond donors (Lipinski definition) is 0. The van der Waals surface area contributed by atoms with E-state index in [0.717, 1.165) is 0 Å². The highest BCUT2D eigenvalue weighted by Gasteiger charge is 1.61. The molecule has 0 amide bonds. The summed E-state index contributed by atoms with van der Waals surface area (Å²) < 4.78 is 0. The molecule has 6 rings (SSSR count). The van der Waals surface area contributed by atoms with E-state index in [4.69, 9.17) is 0 Å². The van der Waals surface area contributed by atoms with Crippen molar-refractivity contribution < 1.29 is 0 Å². The molecule has 35 heavy (non-hydrogen) atoms. The van der Waals surface area contributed by atoms with E-state index in [-0.39, 0.29) is 0 Å². The van der Waals surface area contributed by atoms with Crippen molar-refractivity contribution in [1.82, 2.24) is 35.1 Å². The van der Waals surface area contributed by atoms with E-state index in [1.807, 2.05) is 89.6 Å². The third-order valence-electron chi connectivity index (χ3n) is 3.10. The molecular weight excluding hydrogens is 454 g/mol. The highest BCUT2D eigenvalue weighted by molar-refractivity contribution is 7.07. The van der Waals surface area contributed by atoms with Crippen LogP contribution >= 0.6 is 11.3 Å². The summed E-state index contributed by atoms with van der Waals surface area (Å²) in [6.07, 6.45) is 18.2. The van der Waals surface area contributed by atoms with Crippen molar-refractivity contribution in [1.29, 1.82) is 0 Å². The first-order valence-electron chi connectivity index (χ1n) is 10.4. The molecule has 0 aliphatic rings. The number of aromatic nitrogens is 7. The Kier molecular flexibility index (Phi) is 20.7. The van der Waals surface area contributed by atoms with Gasteiger partial charge in [0.15, 0.2) is 0 Å². The van der Waals surface area contributed by atoms with Gasteiger partial charge in [-0.25, -0.2) is 9.97 Å². The van der Waals surface area contributed by atoms with Crippen LogP contribution in [0.1, 0.15) is 0 Å². The van der Waals surface area contributed by atoms with Crippen LogP contribution in [0.15, 0.2) is 164 Å². The molecule has 0 radical (unpaired) electrons. The van der Waals surface area contributed by atoms with E-state index in [1.54, 1.807) is 79.4 Å². The lowest BCUT2D eigenvalue weighted by molar-refractivity contribution is 1.03. The fourth-order valence-corrected chi connectivity index (χ4v) is 2.14. The molecule has 0 N–H and O–H groups in total. The van der Waals surface area contributed by atoms with E-state index < -0.39 is 0 Å². The zero-order chi connectivity index (χ0) is 24.7. The van der Waals surface area contributed by atoms with E-state index in [1.165, 1.54) is 6.33 Å². The van der Waals surface area contributed by atoms with Gasteiger partial charge in [0.05, 0.1) is 0 Å². The number of rotatable bonds is 0. The quantitative estimate of drug-likeness (QED) is 0.265. The van der Waals surface area contributed by atoms with Gasteiger partial charge in [-0.3, -0.25) is 15.0 Å². The summed E-state index contributed by atoms with van der Waals surface area (Å²) >= 11 is 1.71. The van der Waals surface area contributed by atoms with Gasteiger partial charge in [0, 0.05) is 62.0 Å². The number of pyridine rings is 1. The van der Waals surface area contributed by atoms with E-state index in [2.05, 4.69) is 35.1 Å². The van der Waals surface area contributed by atoms with Gasteiger partial charge in [0.1, 0.15) is 6.33 Å². The fourth-order valence-electron chi connectivity index (χ4n) is 1.68. The van der Waals surface area contributed by atoms with Crippen LogP contribution in [0.25, 0.3) is 0 Å². The number of thiophene rings is 1. The molecule has 0 aliphatic heterocycles. The van der Waals surface area contributed by atoms with Crippen LogP contribution in [-0.2, 0) is 0 Å². The lowest BCUT2D eigenvalue weighted by Crippen LogP contribution is -1.69. The highest BCUT2D eigenvalue weighted by Crippen LogP contribution is 1.91. The molecule has 0 bridgehead atoms. The Balaban J connectivity index is 0.000000210. The predicted molar refractivity (Wildman–Crippen MR) is 141 cm³/mol. The van der Waals surface area contributed by atoms with Crippen LogP contribution < -0.4 is 0 Å². The molecule has 8 heteroatoms. The Morgan fingerprint density at radius 1 is 0.286 bits per heavy atom. The number of benzene rings is 1. The second kappa shape index (κ2) is 25.6. The first-order valence-corrected chi connectivity index (χ1v) is 11.4. The van der Waals surface area contributed by atoms with Crippen molar-refractivity contribution in [3.05, 3.63) is 164 Å². The SMILES string of the molecule is c1ccccc1.c1ccncc1.c1ccnnc1.c1ccsc1.c1cnccn1.c1cncnc1. The fraction of sp³-hybridized carbons (Fsp3) is 0. The molecule has 6 aromatic rings. The summed E-state index contributed by atoms with van der Waals surface area (Å²) in [5, 5.41) is 11.2. The molecular formula is C27H27N7S. The maximum Gasteiger partial charge on any atom is 0.115 e. The summed E-state index contributed by atoms with van der Waals surface area (Å²) in [6, 6.07) is 27.2. The molecule has 0 atom stereocenters. The first kappa shape index (κ1) is 28.3. The molecule has 0 fully saturated rings. The summed E-state index contributed by atoms with van der Waals surface area (Å²) in [5.41, 5.74) is 0. The molecule has 1 aromatic carbocycles. The molecule has 5 heterocycles. The van der Waals surface area contributed by atoms with Gasteiger partial charge in [-0.05, 0) is 41.1 Å². The molecule has 0 unspecified atom stereocenters. The molecule has 5 aromatic heterocycles. The zero-order valence-electron chi connectivity index (χ0n) is 19.1. The summed E-state index contributed by atoms with van der Waals surface area (Å²) in [6.45, 7) is 0. The Hall–Kier alpha value is -4.69. The molecule has 0 saturated carbocycles. The van der Waals surface area contributed by atoms with Gasteiger partial charge >= 0.3 is 0 Å². The summed E-state index contributed by atoms with van der Waals surface area (Å²) in [7, 11) is 0. The van der Waals surface area contributed by atoms with Crippen molar-refractivity contribution in [2.24, 2.45) is 0 Å². The normalized spacial score (nSPS) is 8.00. The summed E-state index contributed by atoms with van der Waals surface area (Å²) in [5.74, 6) is 0. The van der Waals surface area contributed by atoms with E-state index in [9.17, 15) is 0 Å². The van der Waals surface area contributed by atoms with Crippen molar-refractivity contribution in [2.75, 3.05) is 0 Å². The van der Waals surface area contributed by atoms with Gasteiger partial charge in [-0.15, -0.1) is 0 Å². The largest absolute Gasteiger partial charge is 0.265 e. The predicted octanol–water partition coefficient (Wildman–Crippen LogP) is 5.95. The third kappa shape index (κ3) is 23.8. The van der Waals surface area contributed by atoms with Gasteiger partial charge in [-0.2, -0.15) is 21.5 Å². The Labute approximate surface area is 210 Å². The number of nitrogens with zero attached hydrogens (tertiary/aromatic N) is 7. The van der Waals surface area contributed by atoms with Crippen LogP contribution in [0.3, 0.4) is 0 Å². The highest BCUT2D eigenvalue weighted by atomic mass is 32.1. The van der Waals surface area contributed by atoms with E-state index >= 15 is 0 Å². The lowest BCUT2D eigenvalue weighted by atomic mass is 10.4. The molecule has 176 valence electrons. The standard InChI is InChI=1S/C6H6.C5H5N.3C4H4N2.C4H4S/c2*1-2-4-6-5-3-1;1-2-6-4-3-5-1;1-2-5-4-6-3-1;1-2-4-6-5-3-1;1-2-4-5-3-1/h1-6H;1-5H;3*1-4H;1-4H. The third-order valence-corrected chi connectivity index (χ3v) is 3.73. The maximum atomic E-state index is 3.78. The average Bonchev–Trinajstić information content (AvgIpc) is 3.60. The van der Waals surface area contributed by atoms with Crippen LogP contribution in [-0.4, -0.2) is 35.1 Å². The van der Waals surface area contributed by atoms with Gasteiger partial charge < -0.3 is 0 Å². The van der Waals surface area contributed by atoms with E-state index in [0.29, 0.717) is 0 Å². The van der Waals surface area contributed by atoms with Crippen molar-refractivity contribution in [2.45, 2.75) is 0 Å². The van der Waals surface area contributed by atoms with Crippen molar-refractivity contribution in [3.8, 4) is 0 Å². The smallest absolute Gasteiger partial charge is 0.115 e. The minimum absolute atomic E-state index is 1.50. The molecule has 7 nitrogen and oxygen atoms in total. The van der Waals surface area contributed by atoms with Gasteiger partial charge in [-0.1, -0.05) is 54.6 Å². The van der Waals surface area contributed by atoms with Crippen LogP contribution in [0.5, 0.6) is 0 Å². The van der Waals surface area contributed by atoms with Gasteiger partial charge in [0.25, 0.3) is 0 Å². The minimum Gasteiger partial charge on any atom is -0.265 e. The van der Waals surface area contributed by atoms with Crippen LogP contribution in [0, 0.1) is 0 Å². The lowest BCUT2D eigenvalue weighted by Gasteiger charge is -1.70. The van der Waals surface area contributed by atoms with Crippen LogP contribution in [0.4, 0.5) is 0 Å². The summed E-state index contributed by atoms with van der Waals surface area (Å²) in [4.78, 5) is 18.6. The number of hydrogen-bond acceptors (Lipinski definition) is 8. The van der Waals surface area contributed by atoms with Crippen molar-refractivity contribution >= 4 is 11.3 Å². The Morgan fingerprint density at radius 3 is 0.829 bits per heavy atom. The first-order chi connectivity index (χ1) is 17.5. The second-order valence-corrected chi connectivity index (χ2v) is 6.50. The monoisotopic (exact) mass is 481 g/mol. The second-order valence-electron chi connectivity index (χ2n) is 5.69. The van der Waals surface area contributed by atoms with Gasteiger partial charge in [0.2, 0.25) is 0 Å². The van der Waals surface area contributed by atoms with Crippen molar-refractivity contribution in [3.63, 3.8) is 0 Å². The maximum absolute atomic E-state index is 3.78. The Morgan fingerprint density at radius 2 is 0.657 bits per heavy atom. The Bertz CT molecular complexity index is 739. The topological polar surface area (TPSA) is 90.2 Å². The molecule has 0 aliphatic carbocycles. The average molecular weight is 482 g/mol. The molecule has 0 spiro atoms. The zero-order valence-corrected chi connectivity index (χ0v) is 19.9.